The zero-order valence-electron chi connectivity index (χ0n) is 9.37. The summed E-state index contributed by atoms with van der Waals surface area (Å²) in [5.41, 5.74) is 1.13. The Hall–Kier alpha value is -0.830. The molecule has 1 N–H and O–H groups in total. The number of nitrogens with one attached hydrogen (secondary N) is 1. The summed E-state index contributed by atoms with van der Waals surface area (Å²) < 4.78 is 1.05. The second-order valence-electron chi connectivity index (χ2n) is 4.47. The molecule has 1 saturated carbocycles. The van der Waals surface area contributed by atoms with Crippen LogP contribution in [0.25, 0.3) is 0 Å². The van der Waals surface area contributed by atoms with Gasteiger partial charge in [0, 0.05) is 16.9 Å². The van der Waals surface area contributed by atoms with Crippen LogP contribution in [0.5, 0.6) is 0 Å². The molecule has 1 fully saturated rings. The van der Waals surface area contributed by atoms with Gasteiger partial charge in [0.05, 0.1) is 0 Å². The Morgan fingerprint density at radius 2 is 2.31 bits per heavy atom. The molecule has 16 heavy (non-hydrogen) atoms. The maximum absolute atomic E-state index is 11.8. The molecule has 86 valence electrons. The third-order valence-corrected chi connectivity index (χ3v) is 3.59. The second kappa shape index (κ2) is 5.00. The van der Waals surface area contributed by atoms with Gasteiger partial charge in [-0.1, -0.05) is 35.0 Å². The lowest BCUT2D eigenvalue weighted by Gasteiger charge is -2.11. The Balaban J connectivity index is 1.84. The van der Waals surface area contributed by atoms with E-state index in [1.807, 2.05) is 31.2 Å². The number of carbonyl (C=O) groups excluding carboxylic acids is 1. The van der Waals surface area contributed by atoms with E-state index < -0.39 is 0 Å². The average molecular weight is 282 g/mol. The van der Waals surface area contributed by atoms with Crippen LogP contribution in [0.2, 0.25) is 0 Å². The van der Waals surface area contributed by atoms with Gasteiger partial charge >= 0.3 is 0 Å². The Morgan fingerprint density at radius 3 is 2.94 bits per heavy atom. The number of benzene rings is 1. The van der Waals surface area contributed by atoms with E-state index in [0.717, 1.165) is 10.0 Å². The van der Waals surface area contributed by atoms with Crippen LogP contribution in [0.3, 0.4) is 0 Å². The van der Waals surface area contributed by atoms with Gasteiger partial charge in [0.25, 0.3) is 0 Å². The molecule has 1 atom stereocenters. The van der Waals surface area contributed by atoms with Crippen LogP contribution < -0.4 is 5.32 Å². The molecule has 1 aliphatic carbocycles. The molecule has 3 heteroatoms. The minimum absolute atomic E-state index is 0.173. The van der Waals surface area contributed by atoms with Gasteiger partial charge in [-0.25, -0.2) is 0 Å². The fourth-order valence-electron chi connectivity index (χ4n) is 1.81. The molecule has 0 heterocycles. The fraction of sp³-hybridized carbons (Fsp3) is 0.462. The summed E-state index contributed by atoms with van der Waals surface area (Å²) in [5, 5.41) is 2.99. The molecule has 2 nitrogen and oxygen atoms in total. The number of hydrogen-bond acceptors (Lipinski definition) is 1. The van der Waals surface area contributed by atoms with Crippen LogP contribution in [0.15, 0.2) is 28.7 Å². The van der Waals surface area contributed by atoms with E-state index in [1.165, 1.54) is 12.8 Å². The van der Waals surface area contributed by atoms with Gasteiger partial charge in [-0.2, -0.15) is 0 Å². The van der Waals surface area contributed by atoms with Crippen molar-refractivity contribution in [2.24, 2.45) is 11.8 Å². The zero-order valence-corrected chi connectivity index (χ0v) is 11.0. The minimum Gasteiger partial charge on any atom is -0.352 e. The van der Waals surface area contributed by atoms with Crippen LogP contribution in [0.1, 0.15) is 25.3 Å². The van der Waals surface area contributed by atoms with Crippen molar-refractivity contribution in [2.45, 2.75) is 26.3 Å². The molecule has 2 rings (SSSR count). The highest BCUT2D eigenvalue weighted by atomic mass is 79.9. The first-order chi connectivity index (χ1) is 7.66. The smallest absolute Gasteiger partial charge is 0.223 e. The molecule has 0 radical (unpaired) electrons. The summed E-state index contributed by atoms with van der Waals surface area (Å²) >= 11 is 3.42. The summed E-state index contributed by atoms with van der Waals surface area (Å²) in [6, 6.07) is 8.02. The number of amides is 1. The highest BCUT2D eigenvalue weighted by molar-refractivity contribution is 9.10. The summed E-state index contributed by atoms with van der Waals surface area (Å²) in [6.45, 7) is 2.64. The van der Waals surface area contributed by atoms with Gasteiger partial charge < -0.3 is 5.32 Å². The number of rotatable bonds is 4. The van der Waals surface area contributed by atoms with E-state index in [2.05, 4.69) is 21.2 Å². The van der Waals surface area contributed by atoms with Gasteiger partial charge in [0.2, 0.25) is 5.91 Å². The fourth-order valence-corrected chi connectivity index (χ4v) is 2.25. The van der Waals surface area contributed by atoms with Crippen LogP contribution in [-0.2, 0) is 11.3 Å². The van der Waals surface area contributed by atoms with Crippen LogP contribution >= 0.6 is 15.9 Å². The van der Waals surface area contributed by atoms with Crippen molar-refractivity contribution < 1.29 is 4.79 Å². The highest BCUT2D eigenvalue weighted by Crippen LogP contribution is 2.36. The minimum atomic E-state index is 0.173. The van der Waals surface area contributed by atoms with Gasteiger partial charge in [-0.3, -0.25) is 4.79 Å². The van der Waals surface area contributed by atoms with Crippen molar-refractivity contribution in [1.29, 1.82) is 0 Å². The van der Waals surface area contributed by atoms with Gasteiger partial charge in [-0.05, 0) is 36.5 Å². The average Bonchev–Trinajstić information content (AvgIpc) is 3.09. The second-order valence-corrected chi connectivity index (χ2v) is 5.39. The molecule has 1 aromatic rings. The molecule has 1 aromatic carbocycles. The highest BCUT2D eigenvalue weighted by Gasteiger charge is 2.32. The standard InChI is InChI=1S/C13H16BrNO/c1-9(11-5-6-11)13(16)15-8-10-3-2-4-12(14)7-10/h2-4,7,9,11H,5-6,8H2,1H3,(H,15,16). The number of carbonyl (C=O) groups is 1. The zero-order chi connectivity index (χ0) is 11.5. The van der Waals surface area contributed by atoms with E-state index in [9.17, 15) is 4.79 Å². The Bertz CT molecular complexity index is 387. The lowest BCUT2D eigenvalue weighted by Crippen LogP contribution is -2.29. The molecule has 1 unspecified atom stereocenters. The predicted octanol–water partition coefficient (Wildman–Crippen LogP) is 3.11. The maximum atomic E-state index is 11.8. The Morgan fingerprint density at radius 1 is 1.56 bits per heavy atom. The SMILES string of the molecule is CC(C(=O)NCc1cccc(Br)c1)C1CC1. The molecule has 0 spiro atoms. The third kappa shape index (κ3) is 3.08. The predicted molar refractivity (Wildman–Crippen MR) is 67.9 cm³/mol. The van der Waals surface area contributed by atoms with Crippen LogP contribution in [-0.4, -0.2) is 5.91 Å². The molecule has 1 aliphatic rings. The van der Waals surface area contributed by atoms with E-state index in [1.54, 1.807) is 0 Å². The normalized spacial score (nSPS) is 16.9. The molecule has 1 amide bonds. The quantitative estimate of drug-likeness (QED) is 0.903. The van der Waals surface area contributed by atoms with Crippen molar-refractivity contribution in [1.82, 2.24) is 5.32 Å². The summed E-state index contributed by atoms with van der Waals surface area (Å²) in [6.07, 6.45) is 2.43. The van der Waals surface area contributed by atoms with Gasteiger partial charge in [0.1, 0.15) is 0 Å². The Labute approximate surface area is 105 Å². The molecular formula is C13H16BrNO. The van der Waals surface area contributed by atoms with Crippen molar-refractivity contribution in [3.8, 4) is 0 Å². The number of hydrogen-bond donors (Lipinski definition) is 1. The Kier molecular flexibility index (Phi) is 3.64. The summed E-state index contributed by atoms with van der Waals surface area (Å²) in [5.74, 6) is 0.983. The lowest BCUT2D eigenvalue weighted by molar-refractivity contribution is -0.125. The van der Waals surface area contributed by atoms with Crippen LogP contribution in [0, 0.1) is 11.8 Å². The first-order valence-corrected chi connectivity index (χ1v) is 6.48. The van der Waals surface area contributed by atoms with E-state index in [-0.39, 0.29) is 11.8 Å². The first-order valence-electron chi connectivity index (χ1n) is 5.69. The molecule has 0 bridgehead atoms. The van der Waals surface area contributed by atoms with Crippen LogP contribution in [0.4, 0.5) is 0 Å². The van der Waals surface area contributed by atoms with Crippen molar-refractivity contribution in [2.75, 3.05) is 0 Å². The van der Waals surface area contributed by atoms with Crippen molar-refractivity contribution in [3.63, 3.8) is 0 Å². The van der Waals surface area contributed by atoms with E-state index in [4.69, 9.17) is 0 Å². The molecule has 0 aliphatic heterocycles. The van der Waals surface area contributed by atoms with Gasteiger partial charge in [0.15, 0.2) is 0 Å². The first kappa shape index (κ1) is 11.6. The van der Waals surface area contributed by atoms with Crippen molar-refractivity contribution in [3.05, 3.63) is 34.3 Å². The summed E-state index contributed by atoms with van der Waals surface area (Å²) in [4.78, 5) is 11.8. The lowest BCUT2D eigenvalue weighted by atomic mass is 10.1. The maximum Gasteiger partial charge on any atom is 0.223 e. The molecular weight excluding hydrogens is 266 g/mol. The topological polar surface area (TPSA) is 29.1 Å². The molecule has 0 aromatic heterocycles. The van der Waals surface area contributed by atoms with E-state index in [0.29, 0.717) is 12.5 Å². The summed E-state index contributed by atoms with van der Waals surface area (Å²) in [7, 11) is 0. The van der Waals surface area contributed by atoms with E-state index >= 15 is 0 Å². The van der Waals surface area contributed by atoms with Gasteiger partial charge in [-0.15, -0.1) is 0 Å². The third-order valence-electron chi connectivity index (χ3n) is 3.10. The van der Waals surface area contributed by atoms with Crippen molar-refractivity contribution >= 4 is 21.8 Å². The number of halogens is 1. The monoisotopic (exact) mass is 281 g/mol. The largest absolute Gasteiger partial charge is 0.352 e. The molecule has 0 saturated heterocycles.